The summed E-state index contributed by atoms with van der Waals surface area (Å²) in [7, 11) is 0. The van der Waals surface area contributed by atoms with E-state index in [1.54, 1.807) is 0 Å². The Kier molecular flexibility index (Phi) is 13.9. The smallest absolute Gasteiger partial charge is 0.0409 e. The summed E-state index contributed by atoms with van der Waals surface area (Å²) in [6.07, 6.45) is 3.62. The Morgan fingerprint density at radius 1 is 1.07 bits per heavy atom. The SMILES string of the molecule is CCCCc1ccccc1[S].F.F.F. The van der Waals surface area contributed by atoms with E-state index in [0.29, 0.717) is 0 Å². The molecule has 83 valence electrons. The summed E-state index contributed by atoms with van der Waals surface area (Å²) >= 11 is 5.17. The fourth-order valence-electron chi connectivity index (χ4n) is 1.08. The van der Waals surface area contributed by atoms with Gasteiger partial charge in [-0.15, -0.1) is 0 Å². The maximum Gasteiger partial charge on any atom is 0.0409 e. The van der Waals surface area contributed by atoms with Crippen molar-refractivity contribution in [3.8, 4) is 0 Å². The first-order valence-electron chi connectivity index (χ1n) is 4.09. The van der Waals surface area contributed by atoms with Gasteiger partial charge in [-0.3, -0.25) is 14.1 Å². The van der Waals surface area contributed by atoms with Gasteiger partial charge in [-0.05, 0) is 24.5 Å². The lowest BCUT2D eigenvalue weighted by molar-refractivity contribution is 0.785. The van der Waals surface area contributed by atoms with Gasteiger partial charge in [0.1, 0.15) is 0 Å². The Hall–Kier alpha value is -0.770. The second-order valence-corrected chi connectivity index (χ2v) is 3.15. The fraction of sp³-hybridized carbons (Fsp3) is 0.400. The Balaban J connectivity index is -0.000000403. The Morgan fingerprint density at radius 2 is 1.64 bits per heavy atom. The number of unbranched alkanes of at least 4 members (excludes halogenated alkanes) is 1. The predicted molar refractivity (Wildman–Crippen MR) is 58.4 cm³/mol. The number of hydrogen-bond donors (Lipinski definition) is 0. The molecule has 0 atom stereocenters. The quantitative estimate of drug-likeness (QED) is 0.728. The molecule has 0 aromatic heterocycles. The standard InChI is InChI=1S/C10H13S.3FH/c1-2-3-6-9-7-4-5-8-10(9)11;;;/h4-5,7-8H,2-3,6H2,1H3;3*1H. The molecule has 4 heteroatoms. The van der Waals surface area contributed by atoms with E-state index in [1.807, 2.05) is 12.1 Å². The van der Waals surface area contributed by atoms with Crippen molar-refractivity contribution in [3.05, 3.63) is 29.8 Å². The molecule has 0 aliphatic carbocycles. The van der Waals surface area contributed by atoms with Crippen molar-refractivity contribution in [2.75, 3.05) is 0 Å². The van der Waals surface area contributed by atoms with E-state index in [4.69, 9.17) is 12.6 Å². The molecule has 1 aromatic carbocycles. The fourth-order valence-corrected chi connectivity index (χ4v) is 1.33. The van der Waals surface area contributed by atoms with Gasteiger partial charge in [0.05, 0.1) is 0 Å². The molecule has 1 rings (SSSR count). The maximum absolute atomic E-state index is 5.17. The normalized spacial score (nSPS) is 7.79. The van der Waals surface area contributed by atoms with Crippen molar-refractivity contribution in [3.63, 3.8) is 0 Å². The summed E-state index contributed by atoms with van der Waals surface area (Å²) in [5.41, 5.74) is 1.32. The zero-order valence-corrected chi connectivity index (χ0v) is 8.88. The third-order valence-electron chi connectivity index (χ3n) is 1.77. The van der Waals surface area contributed by atoms with Gasteiger partial charge in [-0.2, -0.15) is 0 Å². The van der Waals surface area contributed by atoms with Crippen molar-refractivity contribution in [2.45, 2.75) is 31.1 Å². The Labute approximate surface area is 88.2 Å². The van der Waals surface area contributed by atoms with E-state index in [2.05, 4.69) is 19.1 Å². The largest absolute Gasteiger partial charge is 0.269 e. The van der Waals surface area contributed by atoms with Crippen molar-refractivity contribution < 1.29 is 14.1 Å². The summed E-state index contributed by atoms with van der Waals surface area (Å²) < 4.78 is 0. The van der Waals surface area contributed by atoms with Gasteiger partial charge in [0.25, 0.3) is 0 Å². The lowest BCUT2D eigenvalue weighted by atomic mass is 10.1. The van der Waals surface area contributed by atoms with Crippen molar-refractivity contribution >= 4 is 12.6 Å². The molecule has 0 N–H and O–H groups in total. The summed E-state index contributed by atoms with van der Waals surface area (Å²) in [6.45, 7) is 2.20. The lowest BCUT2D eigenvalue weighted by Crippen LogP contribution is -1.85. The first-order valence-corrected chi connectivity index (χ1v) is 4.50. The summed E-state index contributed by atoms with van der Waals surface area (Å²) in [5, 5.41) is 0. The van der Waals surface area contributed by atoms with Crippen LogP contribution in [0, 0.1) is 0 Å². The van der Waals surface area contributed by atoms with Crippen molar-refractivity contribution in [1.82, 2.24) is 0 Å². The lowest BCUT2D eigenvalue weighted by Gasteiger charge is -2.00. The zero-order chi connectivity index (χ0) is 8.10. The van der Waals surface area contributed by atoms with E-state index < -0.39 is 0 Å². The van der Waals surface area contributed by atoms with E-state index in [-0.39, 0.29) is 14.1 Å². The first kappa shape index (κ1) is 18.9. The van der Waals surface area contributed by atoms with Crippen molar-refractivity contribution in [1.29, 1.82) is 0 Å². The van der Waals surface area contributed by atoms with Gasteiger partial charge in [0.2, 0.25) is 0 Å². The molecular formula is C10H16F3S. The minimum absolute atomic E-state index is 0. The monoisotopic (exact) mass is 225 g/mol. The van der Waals surface area contributed by atoms with Gasteiger partial charge in [0.15, 0.2) is 0 Å². The molecule has 0 aliphatic rings. The predicted octanol–water partition coefficient (Wildman–Crippen LogP) is 4.04. The minimum Gasteiger partial charge on any atom is -0.269 e. The zero-order valence-electron chi connectivity index (χ0n) is 8.06. The van der Waals surface area contributed by atoms with Crippen LogP contribution >= 0.6 is 12.6 Å². The highest BCUT2D eigenvalue weighted by Gasteiger charge is 1.95. The Morgan fingerprint density at radius 3 is 2.14 bits per heavy atom. The van der Waals surface area contributed by atoms with Crippen LogP contribution in [0.1, 0.15) is 25.3 Å². The van der Waals surface area contributed by atoms with Crippen molar-refractivity contribution in [2.24, 2.45) is 0 Å². The third kappa shape index (κ3) is 5.80. The topological polar surface area (TPSA) is 0 Å². The second kappa shape index (κ2) is 10.3. The molecular weight excluding hydrogens is 209 g/mol. The maximum atomic E-state index is 5.17. The highest BCUT2D eigenvalue weighted by atomic mass is 32.1. The van der Waals surface area contributed by atoms with E-state index in [1.165, 1.54) is 18.4 Å². The number of benzene rings is 1. The van der Waals surface area contributed by atoms with Crippen LogP contribution < -0.4 is 0 Å². The molecule has 0 saturated heterocycles. The molecule has 0 spiro atoms. The highest BCUT2D eigenvalue weighted by Crippen LogP contribution is 2.14. The first-order chi connectivity index (χ1) is 5.34. The van der Waals surface area contributed by atoms with Crippen LogP contribution in [0.25, 0.3) is 0 Å². The number of hydrogen-bond acceptors (Lipinski definition) is 0. The molecule has 14 heavy (non-hydrogen) atoms. The number of aryl methyl sites for hydroxylation is 1. The molecule has 0 aliphatic heterocycles. The molecule has 0 amide bonds. The Bertz CT molecular complexity index is 228. The van der Waals surface area contributed by atoms with E-state index >= 15 is 0 Å². The summed E-state index contributed by atoms with van der Waals surface area (Å²) in [4.78, 5) is 1.01. The van der Waals surface area contributed by atoms with Crippen LogP contribution in [0.2, 0.25) is 0 Å². The van der Waals surface area contributed by atoms with E-state index in [9.17, 15) is 0 Å². The van der Waals surface area contributed by atoms with Crippen LogP contribution in [-0.2, 0) is 6.42 Å². The van der Waals surface area contributed by atoms with Crippen LogP contribution in [-0.4, -0.2) is 0 Å². The van der Waals surface area contributed by atoms with Gasteiger partial charge in [-0.25, -0.2) is 0 Å². The van der Waals surface area contributed by atoms with Gasteiger partial charge in [-0.1, -0.05) is 44.2 Å². The highest BCUT2D eigenvalue weighted by molar-refractivity contribution is 7.80. The second-order valence-electron chi connectivity index (χ2n) is 2.71. The molecule has 0 fully saturated rings. The molecule has 0 nitrogen and oxygen atoms in total. The van der Waals surface area contributed by atoms with Crippen LogP contribution in [0.4, 0.5) is 14.1 Å². The molecule has 0 unspecified atom stereocenters. The molecule has 1 aromatic rings. The third-order valence-corrected chi connectivity index (χ3v) is 2.17. The average Bonchev–Trinajstić information content (AvgIpc) is 2.03. The minimum atomic E-state index is 0. The van der Waals surface area contributed by atoms with Crippen LogP contribution in [0.5, 0.6) is 0 Å². The number of halogens is 3. The van der Waals surface area contributed by atoms with Crippen LogP contribution in [0.3, 0.4) is 0 Å². The number of rotatable bonds is 3. The van der Waals surface area contributed by atoms with Gasteiger partial charge in [0, 0.05) is 4.90 Å². The summed E-state index contributed by atoms with van der Waals surface area (Å²) in [5.74, 6) is 0. The van der Waals surface area contributed by atoms with Gasteiger partial charge < -0.3 is 0 Å². The average molecular weight is 225 g/mol. The van der Waals surface area contributed by atoms with Gasteiger partial charge >= 0.3 is 0 Å². The van der Waals surface area contributed by atoms with Crippen LogP contribution in [0.15, 0.2) is 29.2 Å². The molecule has 0 heterocycles. The summed E-state index contributed by atoms with van der Waals surface area (Å²) in [6, 6.07) is 8.18. The molecule has 0 bridgehead atoms. The molecule has 1 radical (unpaired) electrons. The molecule has 0 saturated carbocycles. The van der Waals surface area contributed by atoms with E-state index in [0.717, 1.165) is 11.3 Å².